The minimum atomic E-state index is -0.556. The Morgan fingerprint density at radius 1 is 1.29 bits per heavy atom. The lowest BCUT2D eigenvalue weighted by atomic mass is 9.86. The summed E-state index contributed by atoms with van der Waals surface area (Å²) < 4.78 is 28.3. The Morgan fingerprint density at radius 2 is 2.00 bits per heavy atom. The average Bonchev–Trinajstić information content (AvgIpc) is 2.65. The second-order valence-electron chi connectivity index (χ2n) is 5.34. The first-order chi connectivity index (χ1) is 7.96. The van der Waals surface area contributed by atoms with Gasteiger partial charge in [0.15, 0.2) is 0 Å². The number of rotatable bonds is 2. The molecule has 1 unspecified atom stereocenters. The van der Waals surface area contributed by atoms with Crippen LogP contribution in [0.1, 0.15) is 50.7 Å². The lowest BCUT2D eigenvalue weighted by Gasteiger charge is -2.27. The lowest BCUT2D eigenvalue weighted by Crippen LogP contribution is -2.35. The quantitative estimate of drug-likeness (QED) is 0.830. The minimum Gasteiger partial charge on any atom is -0.307 e. The van der Waals surface area contributed by atoms with Crippen LogP contribution in [0.25, 0.3) is 0 Å². The molecule has 0 bridgehead atoms. The molecule has 2 rings (SSSR count). The van der Waals surface area contributed by atoms with Gasteiger partial charge in [0.1, 0.15) is 11.6 Å². The van der Waals surface area contributed by atoms with Crippen molar-refractivity contribution in [2.45, 2.75) is 45.1 Å². The van der Waals surface area contributed by atoms with E-state index in [2.05, 4.69) is 5.32 Å². The molecule has 94 valence electrons. The zero-order chi connectivity index (χ0) is 12.6. The molecule has 1 nitrogen and oxygen atoms in total. The maximum absolute atomic E-state index is 14.4. The highest BCUT2D eigenvalue weighted by atomic mass is 19.1. The third kappa shape index (κ3) is 2.08. The number of halogens is 2. The van der Waals surface area contributed by atoms with Crippen molar-refractivity contribution in [3.05, 3.63) is 34.9 Å². The van der Waals surface area contributed by atoms with Crippen molar-refractivity contribution in [2.75, 3.05) is 6.54 Å². The lowest BCUT2D eigenvalue weighted by molar-refractivity contribution is 0.383. The van der Waals surface area contributed by atoms with Crippen LogP contribution >= 0.6 is 0 Å². The average molecular weight is 239 g/mol. The van der Waals surface area contributed by atoms with Crippen molar-refractivity contribution in [3.8, 4) is 0 Å². The van der Waals surface area contributed by atoms with Gasteiger partial charge < -0.3 is 5.32 Å². The van der Waals surface area contributed by atoms with Gasteiger partial charge in [0.25, 0.3) is 0 Å². The van der Waals surface area contributed by atoms with Gasteiger partial charge in [-0.2, -0.15) is 0 Å². The van der Waals surface area contributed by atoms with Gasteiger partial charge in [0.2, 0.25) is 0 Å². The summed E-state index contributed by atoms with van der Waals surface area (Å²) in [6.45, 7) is 6.54. The van der Waals surface area contributed by atoms with Crippen LogP contribution in [0.2, 0.25) is 0 Å². The van der Waals surface area contributed by atoms with E-state index in [1.165, 1.54) is 6.07 Å². The Balaban J connectivity index is 2.56. The van der Waals surface area contributed by atoms with Crippen LogP contribution in [0.15, 0.2) is 12.1 Å². The fourth-order valence-electron chi connectivity index (χ4n) is 2.63. The molecule has 1 aromatic rings. The first-order valence-electron chi connectivity index (χ1n) is 6.19. The van der Waals surface area contributed by atoms with E-state index in [1.54, 1.807) is 6.07 Å². The second kappa shape index (κ2) is 4.37. The summed E-state index contributed by atoms with van der Waals surface area (Å²) in [4.78, 5) is 0. The van der Waals surface area contributed by atoms with Gasteiger partial charge in [-0.15, -0.1) is 0 Å². The summed E-state index contributed by atoms with van der Waals surface area (Å²) in [6, 6.07) is 2.94. The number of hydrogen-bond acceptors (Lipinski definition) is 1. The Bertz CT molecular complexity index is 420. The van der Waals surface area contributed by atoms with Crippen molar-refractivity contribution in [1.82, 2.24) is 5.32 Å². The second-order valence-corrected chi connectivity index (χ2v) is 5.34. The SMILES string of the molecule is CC(C)c1ccc(F)c(C2(C)CCCN2)c1F. The van der Waals surface area contributed by atoms with Crippen LogP contribution in [0, 0.1) is 11.6 Å². The van der Waals surface area contributed by atoms with Crippen LogP contribution in [-0.2, 0) is 5.54 Å². The minimum absolute atomic E-state index is 0.0688. The summed E-state index contributed by atoms with van der Waals surface area (Å²) in [7, 11) is 0. The first-order valence-corrected chi connectivity index (χ1v) is 6.19. The van der Waals surface area contributed by atoms with E-state index in [9.17, 15) is 8.78 Å². The Kier molecular flexibility index (Phi) is 3.21. The molecule has 0 saturated carbocycles. The standard InChI is InChI=1S/C14H19F2N/c1-9(2)10-5-6-11(15)12(13(10)16)14(3)7-4-8-17-14/h5-6,9,17H,4,7-8H2,1-3H3. The monoisotopic (exact) mass is 239 g/mol. The molecule has 1 atom stereocenters. The third-order valence-corrected chi connectivity index (χ3v) is 3.66. The Morgan fingerprint density at radius 3 is 2.53 bits per heavy atom. The number of nitrogens with one attached hydrogen (secondary N) is 1. The Labute approximate surface area is 101 Å². The van der Waals surface area contributed by atoms with Crippen molar-refractivity contribution in [3.63, 3.8) is 0 Å². The highest BCUT2D eigenvalue weighted by Gasteiger charge is 2.36. The van der Waals surface area contributed by atoms with Crippen LogP contribution < -0.4 is 5.32 Å². The fraction of sp³-hybridized carbons (Fsp3) is 0.571. The van der Waals surface area contributed by atoms with Crippen LogP contribution in [0.4, 0.5) is 8.78 Å². The van der Waals surface area contributed by atoms with Gasteiger partial charge in [-0.1, -0.05) is 19.9 Å². The van der Waals surface area contributed by atoms with E-state index >= 15 is 0 Å². The highest BCUT2D eigenvalue weighted by molar-refractivity contribution is 5.35. The maximum Gasteiger partial charge on any atom is 0.134 e. The molecule has 0 aliphatic carbocycles. The van der Waals surface area contributed by atoms with E-state index in [1.807, 2.05) is 20.8 Å². The molecule has 0 amide bonds. The molecular formula is C14H19F2N. The first kappa shape index (κ1) is 12.5. The molecule has 1 aromatic carbocycles. The summed E-state index contributed by atoms with van der Waals surface area (Å²) in [5.74, 6) is -0.750. The molecule has 1 heterocycles. The van der Waals surface area contributed by atoms with Gasteiger partial charge >= 0.3 is 0 Å². The summed E-state index contributed by atoms with van der Waals surface area (Å²) in [5, 5.41) is 3.22. The summed E-state index contributed by atoms with van der Waals surface area (Å²) >= 11 is 0. The molecule has 1 aliphatic heterocycles. The van der Waals surface area contributed by atoms with E-state index < -0.39 is 11.4 Å². The molecule has 1 saturated heterocycles. The fourth-order valence-corrected chi connectivity index (χ4v) is 2.63. The molecule has 0 spiro atoms. The van der Waals surface area contributed by atoms with Gasteiger partial charge in [0, 0.05) is 11.1 Å². The summed E-state index contributed by atoms with van der Waals surface area (Å²) in [5.41, 5.74) is 0.247. The predicted molar refractivity (Wildman–Crippen MR) is 65.0 cm³/mol. The van der Waals surface area contributed by atoms with Crippen molar-refractivity contribution < 1.29 is 8.78 Å². The molecule has 1 N–H and O–H groups in total. The van der Waals surface area contributed by atoms with E-state index in [4.69, 9.17) is 0 Å². The van der Waals surface area contributed by atoms with Crippen LogP contribution in [0.5, 0.6) is 0 Å². The molecule has 17 heavy (non-hydrogen) atoms. The molecule has 0 aromatic heterocycles. The van der Waals surface area contributed by atoms with Crippen molar-refractivity contribution in [2.24, 2.45) is 0 Å². The van der Waals surface area contributed by atoms with E-state index in [0.717, 1.165) is 19.4 Å². The smallest absolute Gasteiger partial charge is 0.134 e. The normalized spacial score (nSPS) is 24.6. The zero-order valence-corrected chi connectivity index (χ0v) is 10.6. The van der Waals surface area contributed by atoms with Gasteiger partial charge in [-0.3, -0.25) is 0 Å². The van der Waals surface area contributed by atoms with Crippen LogP contribution in [-0.4, -0.2) is 6.54 Å². The molecule has 3 heteroatoms. The van der Waals surface area contributed by atoms with Crippen molar-refractivity contribution in [1.29, 1.82) is 0 Å². The maximum atomic E-state index is 14.4. The van der Waals surface area contributed by atoms with Gasteiger partial charge in [-0.25, -0.2) is 8.78 Å². The third-order valence-electron chi connectivity index (χ3n) is 3.66. The number of hydrogen-bond donors (Lipinski definition) is 1. The Hall–Kier alpha value is -0.960. The van der Waals surface area contributed by atoms with Crippen molar-refractivity contribution >= 4 is 0 Å². The predicted octanol–water partition coefficient (Wildman–Crippen LogP) is 3.69. The van der Waals surface area contributed by atoms with Crippen LogP contribution in [0.3, 0.4) is 0 Å². The molecule has 1 aliphatic rings. The summed E-state index contributed by atoms with van der Waals surface area (Å²) in [6.07, 6.45) is 1.74. The van der Waals surface area contributed by atoms with E-state index in [-0.39, 0.29) is 17.3 Å². The highest BCUT2D eigenvalue weighted by Crippen LogP contribution is 2.36. The zero-order valence-electron chi connectivity index (χ0n) is 10.6. The van der Waals surface area contributed by atoms with Gasteiger partial charge in [0.05, 0.1) is 0 Å². The molecule has 0 radical (unpaired) electrons. The van der Waals surface area contributed by atoms with Gasteiger partial charge in [-0.05, 0) is 43.9 Å². The number of benzene rings is 1. The largest absolute Gasteiger partial charge is 0.307 e. The molecule has 1 fully saturated rings. The van der Waals surface area contributed by atoms with E-state index in [0.29, 0.717) is 5.56 Å². The molecular weight excluding hydrogens is 220 g/mol. The topological polar surface area (TPSA) is 12.0 Å².